The first kappa shape index (κ1) is 12.1. The molecule has 2 heterocycles. The second kappa shape index (κ2) is 4.32. The van der Waals surface area contributed by atoms with E-state index in [9.17, 15) is 9.59 Å². The Balaban J connectivity index is 1.79. The van der Waals surface area contributed by atoms with Gasteiger partial charge in [-0.05, 0) is 19.8 Å². The molecule has 0 aromatic carbocycles. The number of carbonyl (C=O) groups is 2. The van der Waals surface area contributed by atoms with Gasteiger partial charge in [0.1, 0.15) is 12.1 Å². The Hall–Kier alpha value is -1.92. The third-order valence-corrected chi connectivity index (χ3v) is 3.82. The number of urea groups is 1. The van der Waals surface area contributed by atoms with Crippen LogP contribution < -0.4 is 5.32 Å². The average molecular weight is 264 g/mol. The van der Waals surface area contributed by atoms with Crippen LogP contribution in [0.15, 0.2) is 4.52 Å². The lowest BCUT2D eigenvalue weighted by Crippen LogP contribution is -2.48. The van der Waals surface area contributed by atoms with Crippen molar-refractivity contribution >= 4 is 11.9 Å². The molecule has 1 aliphatic heterocycles. The summed E-state index contributed by atoms with van der Waals surface area (Å²) in [5.41, 5.74) is -0.690. The van der Waals surface area contributed by atoms with Crippen molar-refractivity contribution in [1.29, 1.82) is 0 Å². The van der Waals surface area contributed by atoms with Gasteiger partial charge in [0.15, 0.2) is 5.82 Å². The molecule has 19 heavy (non-hydrogen) atoms. The predicted molar refractivity (Wildman–Crippen MR) is 63.9 cm³/mol. The second-order valence-electron chi connectivity index (χ2n) is 5.20. The van der Waals surface area contributed by atoms with E-state index in [1.54, 1.807) is 6.92 Å². The summed E-state index contributed by atoms with van der Waals surface area (Å²) in [6.45, 7) is 1.74. The number of rotatable bonds is 2. The van der Waals surface area contributed by atoms with Gasteiger partial charge in [-0.1, -0.05) is 24.4 Å². The maximum Gasteiger partial charge on any atom is 0.325 e. The number of aromatic nitrogens is 2. The van der Waals surface area contributed by atoms with E-state index >= 15 is 0 Å². The molecule has 1 saturated heterocycles. The summed E-state index contributed by atoms with van der Waals surface area (Å²) in [5, 5.41) is 6.50. The van der Waals surface area contributed by atoms with Crippen LogP contribution in [0.4, 0.5) is 4.79 Å². The zero-order valence-electron chi connectivity index (χ0n) is 10.8. The highest BCUT2D eigenvalue weighted by atomic mass is 16.5. The van der Waals surface area contributed by atoms with Crippen LogP contribution in [0, 0.1) is 6.92 Å². The Labute approximate surface area is 110 Å². The minimum atomic E-state index is -0.690. The van der Waals surface area contributed by atoms with Crippen molar-refractivity contribution in [3.63, 3.8) is 0 Å². The minimum absolute atomic E-state index is 0.0489. The molecule has 0 bridgehead atoms. The van der Waals surface area contributed by atoms with Gasteiger partial charge in [-0.25, -0.2) is 4.79 Å². The van der Waals surface area contributed by atoms with Gasteiger partial charge in [0.25, 0.3) is 5.91 Å². The van der Waals surface area contributed by atoms with Gasteiger partial charge < -0.3 is 9.84 Å². The van der Waals surface area contributed by atoms with Crippen LogP contribution in [0.3, 0.4) is 0 Å². The molecule has 7 nitrogen and oxygen atoms in total. The molecule has 2 aliphatic rings. The molecule has 7 heteroatoms. The normalized spacial score (nSPS) is 22.1. The van der Waals surface area contributed by atoms with Crippen molar-refractivity contribution in [2.45, 2.75) is 51.1 Å². The average Bonchev–Trinajstić information content (AvgIpc) is 2.89. The molecule has 2 fully saturated rings. The van der Waals surface area contributed by atoms with Crippen LogP contribution >= 0.6 is 0 Å². The highest BCUT2D eigenvalue weighted by Crippen LogP contribution is 2.34. The Kier molecular flexibility index (Phi) is 2.76. The molecule has 3 rings (SSSR count). The molecular weight excluding hydrogens is 248 g/mol. The summed E-state index contributed by atoms with van der Waals surface area (Å²) >= 11 is 0. The first-order valence-electron chi connectivity index (χ1n) is 6.54. The van der Waals surface area contributed by atoms with Crippen LogP contribution in [0.5, 0.6) is 0 Å². The van der Waals surface area contributed by atoms with E-state index in [1.807, 2.05) is 0 Å². The molecule has 1 saturated carbocycles. The Morgan fingerprint density at radius 3 is 2.68 bits per heavy atom. The molecule has 1 N–H and O–H groups in total. The summed E-state index contributed by atoms with van der Waals surface area (Å²) in [6.07, 6.45) is 4.50. The highest BCUT2D eigenvalue weighted by Gasteiger charge is 2.51. The Morgan fingerprint density at radius 2 is 2.05 bits per heavy atom. The summed E-state index contributed by atoms with van der Waals surface area (Å²) in [5.74, 6) is 0.622. The SMILES string of the molecule is Cc1noc(CN2C(=O)NC3(CCCCC3)C2=O)n1. The van der Waals surface area contributed by atoms with Crippen LogP contribution in [0.25, 0.3) is 0 Å². The van der Waals surface area contributed by atoms with E-state index in [4.69, 9.17) is 4.52 Å². The second-order valence-corrected chi connectivity index (χ2v) is 5.20. The fourth-order valence-corrected chi connectivity index (χ4v) is 2.85. The summed E-state index contributed by atoms with van der Waals surface area (Å²) in [6, 6.07) is -0.359. The number of carbonyl (C=O) groups excluding carboxylic acids is 2. The number of amides is 3. The van der Waals surface area contributed by atoms with Crippen molar-refractivity contribution in [2.24, 2.45) is 0 Å². The fourth-order valence-electron chi connectivity index (χ4n) is 2.85. The van der Waals surface area contributed by atoms with Crippen LogP contribution in [-0.2, 0) is 11.3 Å². The zero-order chi connectivity index (χ0) is 13.5. The molecule has 0 atom stereocenters. The largest absolute Gasteiger partial charge is 0.337 e. The number of hydrogen-bond donors (Lipinski definition) is 1. The molecule has 1 aromatic heterocycles. The fraction of sp³-hybridized carbons (Fsp3) is 0.667. The molecule has 0 unspecified atom stereocenters. The van der Waals surface area contributed by atoms with Gasteiger partial charge in [0, 0.05) is 0 Å². The molecule has 0 radical (unpaired) electrons. The van der Waals surface area contributed by atoms with E-state index in [0.717, 1.165) is 32.1 Å². The van der Waals surface area contributed by atoms with Crippen LogP contribution in [0.2, 0.25) is 0 Å². The third kappa shape index (κ3) is 1.98. The van der Waals surface area contributed by atoms with E-state index in [0.29, 0.717) is 5.82 Å². The van der Waals surface area contributed by atoms with Crippen molar-refractivity contribution in [3.05, 3.63) is 11.7 Å². The number of nitrogens with zero attached hydrogens (tertiary/aromatic N) is 3. The summed E-state index contributed by atoms with van der Waals surface area (Å²) in [7, 11) is 0. The molecule has 1 spiro atoms. The zero-order valence-corrected chi connectivity index (χ0v) is 10.8. The first-order chi connectivity index (χ1) is 9.11. The summed E-state index contributed by atoms with van der Waals surface area (Å²) < 4.78 is 4.96. The minimum Gasteiger partial charge on any atom is -0.337 e. The van der Waals surface area contributed by atoms with Gasteiger partial charge in [0.2, 0.25) is 5.89 Å². The number of imide groups is 1. The third-order valence-electron chi connectivity index (χ3n) is 3.82. The lowest BCUT2D eigenvalue weighted by atomic mass is 9.82. The maximum atomic E-state index is 12.5. The van der Waals surface area contributed by atoms with Gasteiger partial charge in [-0.2, -0.15) is 4.98 Å². The van der Waals surface area contributed by atoms with Gasteiger partial charge in [-0.3, -0.25) is 9.69 Å². The van der Waals surface area contributed by atoms with Crippen molar-refractivity contribution in [3.8, 4) is 0 Å². The standard InChI is InChI=1S/C12H16N4O3/c1-8-13-9(19-15-8)7-16-10(17)12(14-11(16)18)5-3-2-4-6-12/h2-7H2,1H3,(H,14,18). The lowest BCUT2D eigenvalue weighted by Gasteiger charge is -2.30. The molecular formula is C12H16N4O3. The quantitative estimate of drug-likeness (QED) is 0.809. The van der Waals surface area contributed by atoms with Gasteiger partial charge in [-0.15, -0.1) is 0 Å². The van der Waals surface area contributed by atoms with E-state index in [2.05, 4.69) is 15.5 Å². The van der Waals surface area contributed by atoms with E-state index in [-0.39, 0.29) is 24.4 Å². The molecule has 3 amide bonds. The lowest BCUT2D eigenvalue weighted by molar-refractivity contribution is -0.133. The van der Waals surface area contributed by atoms with E-state index < -0.39 is 5.54 Å². The molecule has 1 aromatic rings. The monoisotopic (exact) mass is 264 g/mol. The van der Waals surface area contributed by atoms with Gasteiger partial charge >= 0.3 is 6.03 Å². The van der Waals surface area contributed by atoms with Crippen LogP contribution in [0.1, 0.15) is 43.8 Å². The van der Waals surface area contributed by atoms with E-state index in [1.165, 1.54) is 4.90 Å². The van der Waals surface area contributed by atoms with Crippen molar-refractivity contribution < 1.29 is 14.1 Å². The van der Waals surface area contributed by atoms with Crippen molar-refractivity contribution in [1.82, 2.24) is 20.4 Å². The number of hydrogen-bond acceptors (Lipinski definition) is 5. The predicted octanol–water partition coefficient (Wildman–Crippen LogP) is 1.13. The van der Waals surface area contributed by atoms with Gasteiger partial charge in [0.05, 0.1) is 0 Å². The first-order valence-corrected chi connectivity index (χ1v) is 6.54. The Morgan fingerprint density at radius 1 is 1.32 bits per heavy atom. The topological polar surface area (TPSA) is 88.3 Å². The summed E-state index contributed by atoms with van der Waals surface area (Å²) in [4.78, 5) is 29.6. The van der Waals surface area contributed by atoms with Crippen LogP contribution in [-0.4, -0.2) is 32.5 Å². The molecule has 1 aliphatic carbocycles. The van der Waals surface area contributed by atoms with Crippen molar-refractivity contribution in [2.75, 3.05) is 0 Å². The number of nitrogens with one attached hydrogen (secondary N) is 1. The molecule has 102 valence electrons. The maximum absolute atomic E-state index is 12.5. The number of aryl methyl sites for hydroxylation is 1. The smallest absolute Gasteiger partial charge is 0.325 e. The highest BCUT2D eigenvalue weighted by molar-refractivity contribution is 6.06. The Bertz CT molecular complexity index is 519.